The van der Waals surface area contributed by atoms with Crippen LogP contribution >= 0.6 is 0 Å². The lowest BCUT2D eigenvalue weighted by atomic mass is 10.2. The van der Waals surface area contributed by atoms with Crippen LogP contribution in [-0.4, -0.2) is 60.2 Å². The van der Waals surface area contributed by atoms with Crippen LogP contribution in [0.4, 0.5) is 5.69 Å². The quantitative estimate of drug-likeness (QED) is 0.825. The number of anilines is 1. The standard InChI is InChI=1S/C20H23N3O4/c1-15-5-3-6-17(13-15)23(16(2)24)14-19(25)21-8-10-22(11-9-21)20(26)18-7-4-12-27-18/h3-7,12-13H,8-11,14H2,1-2H3. The van der Waals surface area contributed by atoms with E-state index in [4.69, 9.17) is 4.42 Å². The van der Waals surface area contributed by atoms with Crippen LogP contribution in [0.3, 0.4) is 0 Å². The van der Waals surface area contributed by atoms with E-state index in [0.717, 1.165) is 5.56 Å². The molecule has 7 nitrogen and oxygen atoms in total. The van der Waals surface area contributed by atoms with E-state index in [2.05, 4.69) is 0 Å². The van der Waals surface area contributed by atoms with Gasteiger partial charge in [-0.3, -0.25) is 14.4 Å². The van der Waals surface area contributed by atoms with Gasteiger partial charge in [-0.25, -0.2) is 0 Å². The predicted octanol–water partition coefficient (Wildman–Crippen LogP) is 1.93. The number of nitrogens with zero attached hydrogens (tertiary/aromatic N) is 3. The summed E-state index contributed by atoms with van der Waals surface area (Å²) < 4.78 is 5.14. The van der Waals surface area contributed by atoms with E-state index in [-0.39, 0.29) is 24.3 Å². The van der Waals surface area contributed by atoms with Gasteiger partial charge in [0.1, 0.15) is 6.54 Å². The van der Waals surface area contributed by atoms with Gasteiger partial charge in [-0.15, -0.1) is 0 Å². The topological polar surface area (TPSA) is 74.1 Å². The highest BCUT2D eigenvalue weighted by molar-refractivity contribution is 5.97. The first-order chi connectivity index (χ1) is 13.0. The Bertz CT molecular complexity index is 824. The summed E-state index contributed by atoms with van der Waals surface area (Å²) in [6.45, 7) is 5.14. The molecule has 3 amide bonds. The van der Waals surface area contributed by atoms with Gasteiger partial charge in [-0.1, -0.05) is 12.1 Å². The van der Waals surface area contributed by atoms with Crippen LogP contribution in [0.25, 0.3) is 0 Å². The van der Waals surface area contributed by atoms with Gasteiger partial charge in [0.05, 0.1) is 6.26 Å². The number of hydrogen-bond donors (Lipinski definition) is 0. The molecule has 0 spiro atoms. The second-order valence-corrected chi connectivity index (χ2v) is 6.59. The SMILES string of the molecule is CC(=O)N(CC(=O)N1CCN(C(=O)c2ccco2)CC1)c1cccc(C)c1. The molecule has 2 aromatic rings. The predicted molar refractivity (Wildman–Crippen MR) is 100 cm³/mol. The van der Waals surface area contributed by atoms with Gasteiger partial charge < -0.3 is 19.1 Å². The van der Waals surface area contributed by atoms with E-state index in [9.17, 15) is 14.4 Å². The Balaban J connectivity index is 1.60. The van der Waals surface area contributed by atoms with Gasteiger partial charge in [-0.2, -0.15) is 0 Å². The minimum atomic E-state index is -0.180. The fourth-order valence-corrected chi connectivity index (χ4v) is 3.13. The van der Waals surface area contributed by atoms with Gasteiger partial charge >= 0.3 is 0 Å². The van der Waals surface area contributed by atoms with Crippen LogP contribution in [-0.2, 0) is 9.59 Å². The molecule has 0 aliphatic carbocycles. The molecule has 0 saturated carbocycles. The average Bonchev–Trinajstić information content (AvgIpc) is 3.20. The highest BCUT2D eigenvalue weighted by Crippen LogP contribution is 2.17. The molecule has 1 aromatic carbocycles. The third-order valence-corrected chi connectivity index (χ3v) is 4.64. The maximum Gasteiger partial charge on any atom is 0.289 e. The lowest BCUT2D eigenvalue weighted by Crippen LogP contribution is -2.53. The Morgan fingerprint density at radius 3 is 2.33 bits per heavy atom. The molecule has 142 valence electrons. The number of piperazine rings is 1. The summed E-state index contributed by atoms with van der Waals surface area (Å²) in [6.07, 6.45) is 1.47. The first-order valence-corrected chi connectivity index (χ1v) is 8.91. The Hall–Kier alpha value is -3.09. The molecular weight excluding hydrogens is 346 g/mol. The lowest BCUT2D eigenvalue weighted by Gasteiger charge is -2.35. The summed E-state index contributed by atoms with van der Waals surface area (Å²) in [6, 6.07) is 10.8. The summed E-state index contributed by atoms with van der Waals surface area (Å²) in [4.78, 5) is 41.9. The molecular formula is C20H23N3O4. The average molecular weight is 369 g/mol. The van der Waals surface area contributed by atoms with Crippen LogP contribution in [0.15, 0.2) is 47.1 Å². The van der Waals surface area contributed by atoms with Crippen molar-refractivity contribution in [2.45, 2.75) is 13.8 Å². The Morgan fingerprint density at radius 1 is 1.04 bits per heavy atom. The largest absolute Gasteiger partial charge is 0.459 e. The monoisotopic (exact) mass is 369 g/mol. The third-order valence-electron chi connectivity index (χ3n) is 4.64. The molecule has 1 saturated heterocycles. The normalized spacial score (nSPS) is 14.1. The molecule has 0 bridgehead atoms. The summed E-state index contributed by atoms with van der Waals surface area (Å²) in [7, 11) is 0. The molecule has 1 fully saturated rings. The zero-order chi connectivity index (χ0) is 19.4. The molecule has 1 aliphatic heterocycles. The molecule has 3 rings (SSSR count). The van der Waals surface area contributed by atoms with E-state index in [1.807, 2.05) is 31.2 Å². The number of amides is 3. The second-order valence-electron chi connectivity index (χ2n) is 6.59. The van der Waals surface area contributed by atoms with E-state index in [1.165, 1.54) is 18.1 Å². The molecule has 2 heterocycles. The number of hydrogen-bond acceptors (Lipinski definition) is 4. The van der Waals surface area contributed by atoms with Crippen LogP contribution in [0.2, 0.25) is 0 Å². The molecule has 7 heteroatoms. The number of benzene rings is 1. The van der Waals surface area contributed by atoms with Gasteiger partial charge in [0.25, 0.3) is 5.91 Å². The van der Waals surface area contributed by atoms with Crippen molar-refractivity contribution in [3.63, 3.8) is 0 Å². The molecule has 0 N–H and O–H groups in total. The Labute approximate surface area is 158 Å². The number of carbonyl (C=O) groups excluding carboxylic acids is 3. The maximum absolute atomic E-state index is 12.7. The number of rotatable bonds is 4. The minimum absolute atomic E-state index is 0.00901. The van der Waals surface area contributed by atoms with Crippen molar-refractivity contribution in [3.05, 3.63) is 54.0 Å². The molecule has 0 radical (unpaired) electrons. The zero-order valence-corrected chi connectivity index (χ0v) is 15.6. The highest BCUT2D eigenvalue weighted by Gasteiger charge is 2.27. The second kappa shape index (κ2) is 8.07. The van der Waals surface area contributed by atoms with Gasteiger partial charge in [0.2, 0.25) is 11.8 Å². The van der Waals surface area contributed by atoms with Crippen molar-refractivity contribution in [1.82, 2.24) is 9.80 Å². The molecule has 0 unspecified atom stereocenters. The maximum atomic E-state index is 12.7. The van der Waals surface area contributed by atoms with Crippen molar-refractivity contribution in [2.24, 2.45) is 0 Å². The van der Waals surface area contributed by atoms with E-state index >= 15 is 0 Å². The highest BCUT2D eigenvalue weighted by atomic mass is 16.3. The molecule has 0 atom stereocenters. The number of furan rings is 1. The Morgan fingerprint density at radius 2 is 1.74 bits per heavy atom. The zero-order valence-electron chi connectivity index (χ0n) is 15.6. The van der Waals surface area contributed by atoms with Crippen LogP contribution < -0.4 is 4.90 Å². The van der Waals surface area contributed by atoms with E-state index < -0.39 is 0 Å². The fraction of sp³-hybridized carbons (Fsp3) is 0.350. The van der Waals surface area contributed by atoms with E-state index in [1.54, 1.807) is 21.9 Å². The molecule has 27 heavy (non-hydrogen) atoms. The number of carbonyl (C=O) groups is 3. The third kappa shape index (κ3) is 4.36. The van der Waals surface area contributed by atoms with Crippen LogP contribution in [0, 0.1) is 6.92 Å². The van der Waals surface area contributed by atoms with Crippen molar-refractivity contribution in [1.29, 1.82) is 0 Å². The van der Waals surface area contributed by atoms with Crippen LogP contribution in [0.5, 0.6) is 0 Å². The first-order valence-electron chi connectivity index (χ1n) is 8.91. The fourth-order valence-electron chi connectivity index (χ4n) is 3.13. The van der Waals surface area contributed by atoms with Gasteiger partial charge in [0.15, 0.2) is 5.76 Å². The van der Waals surface area contributed by atoms with Crippen molar-refractivity contribution in [2.75, 3.05) is 37.6 Å². The molecule has 1 aromatic heterocycles. The van der Waals surface area contributed by atoms with Gasteiger partial charge in [-0.05, 0) is 36.8 Å². The first kappa shape index (κ1) is 18.7. The number of aryl methyl sites for hydroxylation is 1. The summed E-state index contributed by atoms with van der Waals surface area (Å²) in [5.74, 6) is -0.174. The summed E-state index contributed by atoms with van der Waals surface area (Å²) in [5, 5.41) is 0. The summed E-state index contributed by atoms with van der Waals surface area (Å²) >= 11 is 0. The Kier molecular flexibility index (Phi) is 5.59. The van der Waals surface area contributed by atoms with Gasteiger partial charge in [0, 0.05) is 38.8 Å². The van der Waals surface area contributed by atoms with Crippen molar-refractivity contribution >= 4 is 23.4 Å². The summed E-state index contributed by atoms with van der Waals surface area (Å²) in [5.41, 5.74) is 1.73. The van der Waals surface area contributed by atoms with Crippen molar-refractivity contribution < 1.29 is 18.8 Å². The minimum Gasteiger partial charge on any atom is -0.459 e. The lowest BCUT2D eigenvalue weighted by molar-refractivity contribution is -0.132. The molecule has 1 aliphatic rings. The van der Waals surface area contributed by atoms with E-state index in [0.29, 0.717) is 37.6 Å². The van der Waals surface area contributed by atoms with Crippen molar-refractivity contribution in [3.8, 4) is 0 Å². The van der Waals surface area contributed by atoms with Crippen LogP contribution in [0.1, 0.15) is 23.0 Å². The smallest absolute Gasteiger partial charge is 0.289 e.